The van der Waals surface area contributed by atoms with E-state index >= 15 is 0 Å². The first-order valence-electron chi connectivity index (χ1n) is 11.0. The van der Waals surface area contributed by atoms with Gasteiger partial charge >= 0.3 is 5.97 Å². The molecule has 1 fully saturated rings. The summed E-state index contributed by atoms with van der Waals surface area (Å²) in [5.41, 5.74) is 1.14. The molecule has 0 spiro atoms. The maximum absolute atomic E-state index is 12.9. The molecule has 2 unspecified atom stereocenters. The number of pyridine rings is 1. The van der Waals surface area contributed by atoms with Gasteiger partial charge in [-0.15, -0.1) is 5.10 Å². The third-order valence-electron chi connectivity index (χ3n) is 6.11. The normalized spacial score (nSPS) is 15.8. The first-order chi connectivity index (χ1) is 14.9. The Balaban J connectivity index is 1.72. The predicted molar refractivity (Wildman–Crippen MR) is 115 cm³/mol. The highest BCUT2D eigenvalue weighted by atomic mass is 16.4. The lowest BCUT2D eigenvalue weighted by atomic mass is 9.80. The van der Waals surface area contributed by atoms with Crippen molar-refractivity contribution in [1.29, 1.82) is 0 Å². The summed E-state index contributed by atoms with van der Waals surface area (Å²) < 4.78 is 1.60. The number of rotatable bonds is 11. The number of carbonyl (C=O) groups is 2. The van der Waals surface area contributed by atoms with Crippen LogP contribution in [0.2, 0.25) is 0 Å². The molecule has 1 aliphatic rings. The van der Waals surface area contributed by atoms with E-state index in [9.17, 15) is 14.4 Å². The summed E-state index contributed by atoms with van der Waals surface area (Å²) in [7, 11) is 0. The number of carbonyl (C=O) groups excluding carboxylic acids is 1. The predicted octanol–water partition coefficient (Wildman–Crippen LogP) is 3.01. The van der Waals surface area contributed by atoms with E-state index in [1.807, 2.05) is 13.8 Å². The summed E-state index contributed by atoms with van der Waals surface area (Å²) >= 11 is 0. The number of H-pyrrole nitrogens is 1. The van der Waals surface area contributed by atoms with Crippen LogP contribution in [0.5, 0.6) is 0 Å². The van der Waals surface area contributed by atoms with Crippen molar-refractivity contribution in [2.75, 3.05) is 0 Å². The molecule has 1 aliphatic carbocycles. The molecule has 2 atom stereocenters. The molecule has 2 aromatic heterocycles. The zero-order valence-corrected chi connectivity index (χ0v) is 18.1. The number of hydrogen-bond acceptors (Lipinski definition) is 5. The number of nitrogens with zero attached hydrogens (tertiary/aromatic N) is 3. The standard InChI is InChI=1S/C22H31N5O4/c1-3-14(2)17-10-9-16(21(30)23-17)22(31)24-18(12-15-6-4-7-15)19-13-27(26-25-19)11-5-8-20(28)29/h9-10,13-15,18H,3-8,11-12H2,1-2H3,(H,23,30)(H,24,31)(H,28,29). The summed E-state index contributed by atoms with van der Waals surface area (Å²) in [6, 6.07) is 3.03. The van der Waals surface area contributed by atoms with Crippen molar-refractivity contribution in [2.24, 2.45) is 5.92 Å². The van der Waals surface area contributed by atoms with Gasteiger partial charge in [-0.1, -0.05) is 38.3 Å². The lowest BCUT2D eigenvalue weighted by Crippen LogP contribution is -2.35. The van der Waals surface area contributed by atoms with Gasteiger partial charge in [0.05, 0.1) is 12.2 Å². The van der Waals surface area contributed by atoms with Crippen molar-refractivity contribution in [1.82, 2.24) is 25.3 Å². The molecular weight excluding hydrogens is 398 g/mol. The van der Waals surface area contributed by atoms with Crippen molar-refractivity contribution < 1.29 is 14.7 Å². The molecule has 31 heavy (non-hydrogen) atoms. The summed E-state index contributed by atoms with van der Waals surface area (Å²) in [4.78, 5) is 38.9. The van der Waals surface area contributed by atoms with Gasteiger partial charge in [0.1, 0.15) is 11.3 Å². The smallest absolute Gasteiger partial charge is 0.303 e. The van der Waals surface area contributed by atoms with Gasteiger partial charge in [-0.2, -0.15) is 0 Å². The van der Waals surface area contributed by atoms with Crippen LogP contribution in [0.25, 0.3) is 0 Å². The molecule has 0 bridgehead atoms. The summed E-state index contributed by atoms with van der Waals surface area (Å²) in [6.45, 7) is 4.52. The first kappa shape index (κ1) is 22.7. The third kappa shape index (κ3) is 6.02. The SMILES string of the molecule is CCC(C)c1ccc(C(=O)NC(CC2CCC2)c2cn(CCCC(=O)O)nn2)c(=O)[nH]1. The van der Waals surface area contributed by atoms with E-state index in [1.165, 1.54) is 6.42 Å². The Morgan fingerprint density at radius 2 is 2.13 bits per heavy atom. The molecule has 3 N–H and O–H groups in total. The molecule has 9 heteroatoms. The molecule has 0 saturated heterocycles. The van der Waals surface area contributed by atoms with Crippen LogP contribution in [0.4, 0.5) is 0 Å². The van der Waals surface area contributed by atoms with Crippen molar-refractivity contribution in [2.45, 2.75) is 77.3 Å². The third-order valence-corrected chi connectivity index (χ3v) is 6.11. The Morgan fingerprint density at radius 3 is 2.74 bits per heavy atom. The maximum Gasteiger partial charge on any atom is 0.303 e. The molecular formula is C22H31N5O4. The quantitative estimate of drug-likeness (QED) is 0.503. The molecule has 0 radical (unpaired) electrons. The second-order valence-electron chi connectivity index (χ2n) is 8.43. The van der Waals surface area contributed by atoms with Crippen molar-refractivity contribution in [3.63, 3.8) is 0 Å². The molecule has 2 heterocycles. The van der Waals surface area contributed by atoms with Crippen LogP contribution in [0.1, 0.15) is 92.5 Å². The Kier molecular flexibility index (Phi) is 7.59. The van der Waals surface area contributed by atoms with Gasteiger partial charge in [0, 0.05) is 18.7 Å². The maximum atomic E-state index is 12.9. The lowest BCUT2D eigenvalue weighted by molar-refractivity contribution is -0.137. The number of aliphatic carboxylic acids is 1. The first-order valence-corrected chi connectivity index (χ1v) is 11.0. The average molecular weight is 430 g/mol. The van der Waals surface area contributed by atoms with Crippen LogP contribution in [0.15, 0.2) is 23.1 Å². The van der Waals surface area contributed by atoms with Gasteiger partial charge < -0.3 is 15.4 Å². The number of hydrogen-bond donors (Lipinski definition) is 3. The molecule has 0 aliphatic heterocycles. The number of carboxylic acid groups (broad SMARTS) is 1. The summed E-state index contributed by atoms with van der Waals surface area (Å²) in [5, 5.41) is 20.0. The van der Waals surface area contributed by atoms with Crippen molar-refractivity contribution in [3.05, 3.63) is 45.6 Å². The Morgan fingerprint density at radius 1 is 1.35 bits per heavy atom. The molecule has 0 aromatic carbocycles. The molecule has 168 valence electrons. The highest BCUT2D eigenvalue weighted by Gasteiger charge is 2.27. The molecule has 2 aromatic rings. The fourth-order valence-electron chi connectivity index (χ4n) is 3.70. The van der Waals surface area contributed by atoms with E-state index in [0.29, 0.717) is 24.6 Å². The minimum absolute atomic E-state index is 0.0624. The zero-order chi connectivity index (χ0) is 22.4. The summed E-state index contributed by atoms with van der Waals surface area (Å²) in [6.07, 6.45) is 7.32. The molecule has 3 rings (SSSR count). The topological polar surface area (TPSA) is 130 Å². The van der Waals surface area contributed by atoms with E-state index in [2.05, 4.69) is 20.6 Å². The van der Waals surface area contributed by atoms with Crippen LogP contribution >= 0.6 is 0 Å². The minimum Gasteiger partial charge on any atom is -0.481 e. The van der Waals surface area contributed by atoms with Gasteiger partial charge in [0.15, 0.2) is 0 Å². The Bertz CT molecular complexity index is 963. The van der Waals surface area contributed by atoms with Gasteiger partial charge in [-0.25, -0.2) is 0 Å². The van der Waals surface area contributed by atoms with E-state index < -0.39 is 17.4 Å². The van der Waals surface area contributed by atoms with Gasteiger partial charge in [-0.3, -0.25) is 19.1 Å². The number of aryl methyl sites for hydroxylation is 1. The Hall–Kier alpha value is -2.97. The van der Waals surface area contributed by atoms with E-state index in [1.54, 1.807) is 23.0 Å². The van der Waals surface area contributed by atoms with E-state index in [-0.39, 0.29) is 23.9 Å². The second kappa shape index (κ2) is 10.4. The average Bonchev–Trinajstić information content (AvgIpc) is 3.17. The molecule has 9 nitrogen and oxygen atoms in total. The van der Waals surface area contributed by atoms with Crippen LogP contribution in [0, 0.1) is 5.92 Å². The number of amides is 1. The Labute approximate surface area is 181 Å². The fraction of sp³-hybridized carbons (Fsp3) is 0.591. The van der Waals surface area contributed by atoms with Crippen molar-refractivity contribution in [3.8, 4) is 0 Å². The summed E-state index contributed by atoms with van der Waals surface area (Å²) in [5.74, 6) is -0.553. The van der Waals surface area contributed by atoms with Crippen molar-refractivity contribution >= 4 is 11.9 Å². The number of aromatic amines is 1. The lowest BCUT2D eigenvalue weighted by Gasteiger charge is -2.29. The van der Waals surface area contributed by atoms with Gasteiger partial charge in [-0.05, 0) is 43.2 Å². The van der Waals surface area contributed by atoms with Gasteiger partial charge in [0.2, 0.25) is 0 Å². The van der Waals surface area contributed by atoms with E-state index in [4.69, 9.17) is 5.11 Å². The number of carboxylic acids is 1. The van der Waals surface area contributed by atoms with Crippen LogP contribution in [-0.4, -0.2) is 37.0 Å². The highest BCUT2D eigenvalue weighted by molar-refractivity contribution is 5.94. The molecule has 1 saturated carbocycles. The van der Waals surface area contributed by atoms with Crippen LogP contribution in [-0.2, 0) is 11.3 Å². The highest BCUT2D eigenvalue weighted by Crippen LogP contribution is 2.34. The number of nitrogens with one attached hydrogen (secondary N) is 2. The fourth-order valence-corrected chi connectivity index (χ4v) is 3.70. The second-order valence-corrected chi connectivity index (χ2v) is 8.43. The minimum atomic E-state index is -0.847. The zero-order valence-electron chi connectivity index (χ0n) is 18.1. The van der Waals surface area contributed by atoms with Gasteiger partial charge in [0.25, 0.3) is 11.5 Å². The van der Waals surface area contributed by atoms with E-state index in [0.717, 1.165) is 31.4 Å². The monoisotopic (exact) mass is 429 g/mol. The van der Waals surface area contributed by atoms with Crippen LogP contribution in [0.3, 0.4) is 0 Å². The largest absolute Gasteiger partial charge is 0.481 e. The van der Waals surface area contributed by atoms with Crippen LogP contribution < -0.4 is 10.9 Å². The molecule has 1 amide bonds. The number of aromatic nitrogens is 4.